The molecule has 0 unspecified atom stereocenters. The van der Waals surface area contributed by atoms with Gasteiger partial charge < -0.3 is 11.5 Å². The van der Waals surface area contributed by atoms with E-state index in [0.717, 1.165) is 0 Å². The van der Waals surface area contributed by atoms with Gasteiger partial charge in [0.1, 0.15) is 5.82 Å². The molecule has 6 heteroatoms. The molecule has 1 rings (SSSR count). The summed E-state index contributed by atoms with van der Waals surface area (Å²) in [5, 5.41) is 0. The number of carbonyl (C=O) groups excluding carboxylic acids is 1. The molecule has 0 fully saturated rings. The number of anilines is 2. The van der Waals surface area contributed by atoms with E-state index in [-0.39, 0.29) is 29.7 Å². The van der Waals surface area contributed by atoms with E-state index in [1.807, 2.05) is 0 Å². The topological polar surface area (TPSA) is 94.9 Å². The van der Waals surface area contributed by atoms with Crippen molar-refractivity contribution in [3.05, 3.63) is 11.8 Å². The van der Waals surface area contributed by atoms with Gasteiger partial charge in [0, 0.05) is 6.20 Å². The van der Waals surface area contributed by atoms with Gasteiger partial charge in [-0.2, -0.15) is 4.98 Å². The summed E-state index contributed by atoms with van der Waals surface area (Å²) in [5.74, 6) is 0.186. The second-order valence-corrected chi connectivity index (χ2v) is 1.69. The van der Waals surface area contributed by atoms with Crippen LogP contribution in [0.5, 0.6) is 0 Å². The summed E-state index contributed by atoms with van der Waals surface area (Å²) in [6, 6.07) is 0. The number of nitrogens with two attached hydrogens (primary N) is 2. The molecule has 5 nitrogen and oxygen atoms in total. The molecule has 1 aromatic heterocycles. The first-order valence-electron chi connectivity index (χ1n) is 2.57. The van der Waals surface area contributed by atoms with Crippen molar-refractivity contribution in [2.24, 2.45) is 0 Å². The van der Waals surface area contributed by atoms with E-state index in [4.69, 9.17) is 11.5 Å². The Bertz CT molecular complexity index is 265. The predicted molar refractivity (Wildman–Crippen MR) is 43.5 cm³/mol. The molecule has 1 aromatic rings. The van der Waals surface area contributed by atoms with Gasteiger partial charge in [0.05, 0.1) is 5.56 Å². The number of nitrogens with zero attached hydrogens (tertiary/aromatic N) is 2. The maximum absolute atomic E-state index is 10.1. The molecule has 0 atom stereocenters. The van der Waals surface area contributed by atoms with Crippen LogP contribution in [0.3, 0.4) is 0 Å². The number of aldehydes is 1. The largest absolute Gasteiger partial charge is 0.383 e. The van der Waals surface area contributed by atoms with Crippen LogP contribution in [0.15, 0.2) is 6.20 Å². The summed E-state index contributed by atoms with van der Waals surface area (Å²) in [6.07, 6.45) is 1.86. The minimum Gasteiger partial charge on any atom is -0.383 e. The molecule has 0 saturated carbocycles. The maximum Gasteiger partial charge on any atom is 0.221 e. The molecular formula is C5H7ClN4O. The summed E-state index contributed by atoms with van der Waals surface area (Å²) in [4.78, 5) is 17.3. The zero-order valence-electron chi connectivity index (χ0n) is 5.52. The van der Waals surface area contributed by atoms with Crippen molar-refractivity contribution in [3.63, 3.8) is 0 Å². The fraction of sp³-hybridized carbons (Fsp3) is 0. The summed E-state index contributed by atoms with van der Waals surface area (Å²) in [7, 11) is 0. The van der Waals surface area contributed by atoms with Crippen molar-refractivity contribution in [3.8, 4) is 0 Å². The van der Waals surface area contributed by atoms with Crippen LogP contribution in [0.4, 0.5) is 11.8 Å². The average Bonchev–Trinajstić information content (AvgIpc) is 1.88. The van der Waals surface area contributed by atoms with Crippen LogP contribution in [-0.4, -0.2) is 16.3 Å². The third-order valence-corrected chi connectivity index (χ3v) is 0.994. The van der Waals surface area contributed by atoms with E-state index in [1.54, 1.807) is 0 Å². The third kappa shape index (κ3) is 2.05. The summed E-state index contributed by atoms with van der Waals surface area (Å²) >= 11 is 0. The highest BCUT2D eigenvalue weighted by Gasteiger charge is 1.98. The van der Waals surface area contributed by atoms with Crippen molar-refractivity contribution < 1.29 is 4.79 Å². The predicted octanol–water partition coefficient (Wildman–Crippen LogP) is -0.125. The molecule has 0 aromatic carbocycles. The van der Waals surface area contributed by atoms with E-state index >= 15 is 0 Å². The molecule has 0 spiro atoms. The second kappa shape index (κ2) is 3.72. The molecule has 11 heavy (non-hydrogen) atoms. The average molecular weight is 175 g/mol. The number of aromatic nitrogens is 2. The summed E-state index contributed by atoms with van der Waals surface area (Å²) in [5.41, 5.74) is 10.7. The normalized spacial score (nSPS) is 8.36. The SMILES string of the molecule is Cl.Nc1ncc(C=O)c(N)n1. The lowest BCUT2D eigenvalue weighted by atomic mass is 10.3. The molecule has 0 aliphatic carbocycles. The number of rotatable bonds is 1. The van der Waals surface area contributed by atoms with Crippen molar-refractivity contribution in [2.45, 2.75) is 0 Å². The second-order valence-electron chi connectivity index (χ2n) is 1.69. The van der Waals surface area contributed by atoms with Crippen molar-refractivity contribution in [1.82, 2.24) is 9.97 Å². The van der Waals surface area contributed by atoms with Crippen molar-refractivity contribution in [1.29, 1.82) is 0 Å². The van der Waals surface area contributed by atoms with E-state index in [2.05, 4.69) is 9.97 Å². The quantitative estimate of drug-likeness (QED) is 0.579. The van der Waals surface area contributed by atoms with Gasteiger partial charge in [-0.15, -0.1) is 12.4 Å². The van der Waals surface area contributed by atoms with Crippen LogP contribution in [0.1, 0.15) is 10.4 Å². The molecule has 0 amide bonds. The van der Waals surface area contributed by atoms with Crippen LogP contribution in [0.2, 0.25) is 0 Å². The minimum absolute atomic E-state index is 0. The Morgan fingerprint density at radius 2 is 2.09 bits per heavy atom. The van der Waals surface area contributed by atoms with Gasteiger partial charge in [-0.25, -0.2) is 4.98 Å². The summed E-state index contributed by atoms with van der Waals surface area (Å²) < 4.78 is 0. The Labute approximate surface area is 69.2 Å². The van der Waals surface area contributed by atoms with Gasteiger partial charge in [0.2, 0.25) is 5.95 Å². The van der Waals surface area contributed by atoms with Gasteiger partial charge in [-0.3, -0.25) is 4.79 Å². The van der Waals surface area contributed by atoms with Gasteiger partial charge >= 0.3 is 0 Å². The Morgan fingerprint density at radius 1 is 1.45 bits per heavy atom. The van der Waals surface area contributed by atoms with Crippen LogP contribution in [0.25, 0.3) is 0 Å². The Hall–Kier alpha value is -1.36. The highest BCUT2D eigenvalue weighted by molar-refractivity contribution is 5.85. The molecular weight excluding hydrogens is 168 g/mol. The lowest BCUT2D eigenvalue weighted by molar-refractivity contribution is 0.112. The number of halogens is 1. The van der Waals surface area contributed by atoms with E-state index in [1.165, 1.54) is 6.20 Å². The summed E-state index contributed by atoms with van der Waals surface area (Å²) in [6.45, 7) is 0. The fourth-order valence-electron chi connectivity index (χ4n) is 0.509. The number of carbonyl (C=O) groups is 1. The highest BCUT2D eigenvalue weighted by Crippen LogP contribution is 2.03. The monoisotopic (exact) mass is 174 g/mol. The first-order chi connectivity index (χ1) is 4.74. The molecule has 4 N–H and O–H groups in total. The van der Waals surface area contributed by atoms with Gasteiger partial charge in [-0.1, -0.05) is 0 Å². The maximum atomic E-state index is 10.1. The van der Waals surface area contributed by atoms with Gasteiger partial charge in [0.15, 0.2) is 6.29 Å². The van der Waals surface area contributed by atoms with Crippen LogP contribution in [0, 0.1) is 0 Å². The Kier molecular flexibility index (Phi) is 3.26. The van der Waals surface area contributed by atoms with E-state index in [9.17, 15) is 4.79 Å². The first-order valence-corrected chi connectivity index (χ1v) is 2.57. The smallest absolute Gasteiger partial charge is 0.221 e. The first kappa shape index (κ1) is 9.64. The van der Waals surface area contributed by atoms with Crippen LogP contribution in [-0.2, 0) is 0 Å². The lowest BCUT2D eigenvalue weighted by Gasteiger charge is -1.95. The third-order valence-electron chi connectivity index (χ3n) is 0.994. The van der Waals surface area contributed by atoms with Crippen molar-refractivity contribution >= 4 is 30.5 Å². The van der Waals surface area contributed by atoms with E-state index < -0.39 is 0 Å². The van der Waals surface area contributed by atoms with E-state index in [0.29, 0.717) is 6.29 Å². The van der Waals surface area contributed by atoms with Crippen LogP contribution < -0.4 is 11.5 Å². The molecule has 0 bridgehead atoms. The van der Waals surface area contributed by atoms with Crippen molar-refractivity contribution in [2.75, 3.05) is 11.5 Å². The molecule has 0 aliphatic heterocycles. The Morgan fingerprint density at radius 3 is 2.55 bits per heavy atom. The molecule has 60 valence electrons. The number of nitrogen functional groups attached to an aromatic ring is 2. The number of hydrogen-bond donors (Lipinski definition) is 2. The highest BCUT2D eigenvalue weighted by atomic mass is 35.5. The minimum atomic E-state index is 0. The zero-order chi connectivity index (χ0) is 7.56. The Balaban J connectivity index is 0.000001000. The standard InChI is InChI=1S/C5H6N4O.ClH/c6-4-3(2-10)1-8-5(7)9-4;/h1-2H,(H4,6,7,8,9);1H. The molecule has 0 aliphatic rings. The molecule has 1 heterocycles. The van der Waals surface area contributed by atoms with Crippen LogP contribution >= 0.6 is 12.4 Å². The lowest BCUT2D eigenvalue weighted by Crippen LogP contribution is -2.02. The fourth-order valence-corrected chi connectivity index (χ4v) is 0.509. The number of hydrogen-bond acceptors (Lipinski definition) is 5. The zero-order valence-corrected chi connectivity index (χ0v) is 6.34. The van der Waals surface area contributed by atoms with Gasteiger partial charge in [-0.05, 0) is 0 Å². The molecule has 0 radical (unpaired) electrons. The molecule has 0 saturated heterocycles. The van der Waals surface area contributed by atoms with Gasteiger partial charge in [0.25, 0.3) is 0 Å².